The lowest BCUT2D eigenvalue weighted by Gasteiger charge is -2.24. The summed E-state index contributed by atoms with van der Waals surface area (Å²) in [5.74, 6) is -0.0380. The molecule has 0 aromatic heterocycles. The van der Waals surface area contributed by atoms with Crippen LogP contribution < -0.4 is 5.32 Å². The molecule has 1 aromatic carbocycles. The van der Waals surface area contributed by atoms with Crippen molar-refractivity contribution in [3.8, 4) is 5.75 Å². The summed E-state index contributed by atoms with van der Waals surface area (Å²) in [6.07, 6.45) is -2.40. The van der Waals surface area contributed by atoms with Crippen LogP contribution in [-0.2, 0) is 12.6 Å². The molecule has 0 spiro atoms. The van der Waals surface area contributed by atoms with Gasteiger partial charge in [-0.05, 0) is 50.4 Å². The van der Waals surface area contributed by atoms with Crippen LogP contribution >= 0.6 is 0 Å². The predicted octanol–water partition coefficient (Wildman–Crippen LogP) is 2.95. The maximum atomic E-state index is 12.9. The summed E-state index contributed by atoms with van der Waals surface area (Å²) in [5, 5.41) is 12.8. The van der Waals surface area contributed by atoms with Gasteiger partial charge in [-0.2, -0.15) is 13.2 Å². The van der Waals surface area contributed by atoms with Crippen LogP contribution in [0.15, 0.2) is 18.2 Å². The summed E-state index contributed by atoms with van der Waals surface area (Å²) in [6.45, 7) is 1.67. The summed E-state index contributed by atoms with van der Waals surface area (Å²) in [7, 11) is 0. The van der Waals surface area contributed by atoms with Gasteiger partial charge >= 0.3 is 6.18 Å². The number of hydrogen-bond acceptors (Lipinski definition) is 2. The third-order valence-electron chi connectivity index (χ3n) is 3.41. The Hall–Kier alpha value is -1.23. The van der Waals surface area contributed by atoms with Gasteiger partial charge in [0.25, 0.3) is 0 Å². The molecular formula is C13H16F3NO. The zero-order chi connectivity index (χ0) is 13.2. The summed E-state index contributed by atoms with van der Waals surface area (Å²) in [6, 6.07) is 3.60. The molecule has 0 atom stereocenters. The van der Waals surface area contributed by atoms with Crippen molar-refractivity contribution in [1.29, 1.82) is 0 Å². The number of rotatable bonds is 2. The molecule has 0 amide bonds. The first-order valence-corrected chi connectivity index (χ1v) is 6.07. The molecule has 1 saturated heterocycles. The van der Waals surface area contributed by atoms with Gasteiger partial charge in [0.05, 0.1) is 5.56 Å². The van der Waals surface area contributed by atoms with E-state index in [-0.39, 0.29) is 17.2 Å². The normalized spacial score (nSPS) is 17.9. The Morgan fingerprint density at radius 2 is 1.89 bits per heavy atom. The van der Waals surface area contributed by atoms with Crippen molar-refractivity contribution in [2.24, 2.45) is 5.92 Å². The van der Waals surface area contributed by atoms with Crippen LogP contribution in [0.3, 0.4) is 0 Å². The Morgan fingerprint density at radius 3 is 2.50 bits per heavy atom. The van der Waals surface area contributed by atoms with Gasteiger partial charge in [-0.1, -0.05) is 6.07 Å². The maximum Gasteiger partial charge on any atom is 0.416 e. The van der Waals surface area contributed by atoms with Crippen LogP contribution in [0, 0.1) is 5.92 Å². The van der Waals surface area contributed by atoms with Gasteiger partial charge in [0.1, 0.15) is 5.75 Å². The van der Waals surface area contributed by atoms with Crippen molar-refractivity contribution in [3.05, 3.63) is 29.3 Å². The van der Waals surface area contributed by atoms with E-state index in [1.54, 1.807) is 0 Å². The average Bonchev–Trinajstić information content (AvgIpc) is 2.32. The Bertz CT molecular complexity index is 411. The highest BCUT2D eigenvalue weighted by Crippen LogP contribution is 2.37. The largest absolute Gasteiger partial charge is 0.508 e. The van der Waals surface area contributed by atoms with E-state index in [0.29, 0.717) is 6.42 Å². The molecule has 0 radical (unpaired) electrons. The lowest BCUT2D eigenvalue weighted by molar-refractivity contribution is -0.138. The molecule has 2 nitrogen and oxygen atoms in total. The van der Waals surface area contributed by atoms with Crippen molar-refractivity contribution >= 4 is 0 Å². The van der Waals surface area contributed by atoms with Crippen LogP contribution in [0.5, 0.6) is 5.75 Å². The van der Waals surface area contributed by atoms with Gasteiger partial charge in [-0.15, -0.1) is 0 Å². The van der Waals surface area contributed by atoms with E-state index in [4.69, 9.17) is 0 Å². The number of halogens is 3. The highest BCUT2D eigenvalue weighted by molar-refractivity contribution is 5.41. The topological polar surface area (TPSA) is 32.3 Å². The van der Waals surface area contributed by atoms with Crippen LogP contribution in [0.2, 0.25) is 0 Å². The third-order valence-corrected chi connectivity index (χ3v) is 3.41. The number of aromatic hydroxyl groups is 1. The highest BCUT2D eigenvalue weighted by atomic mass is 19.4. The molecule has 0 unspecified atom stereocenters. The van der Waals surface area contributed by atoms with Crippen molar-refractivity contribution in [2.75, 3.05) is 13.1 Å². The molecule has 2 N–H and O–H groups in total. The molecule has 0 bridgehead atoms. The first-order valence-electron chi connectivity index (χ1n) is 6.07. The van der Waals surface area contributed by atoms with Gasteiger partial charge in [0, 0.05) is 5.56 Å². The Kier molecular flexibility index (Phi) is 3.80. The molecule has 1 heterocycles. The maximum absolute atomic E-state index is 12.9. The number of piperidine rings is 1. The number of phenolic OH excluding ortho intramolecular Hbond substituents is 1. The van der Waals surface area contributed by atoms with Crippen LogP contribution in [0.1, 0.15) is 24.0 Å². The van der Waals surface area contributed by atoms with Crippen LogP contribution in [-0.4, -0.2) is 18.2 Å². The predicted molar refractivity (Wildman–Crippen MR) is 62.4 cm³/mol. The minimum absolute atomic E-state index is 0.0388. The molecule has 100 valence electrons. The second-order valence-corrected chi connectivity index (χ2v) is 4.70. The van der Waals surface area contributed by atoms with Crippen LogP contribution in [0.4, 0.5) is 13.2 Å². The van der Waals surface area contributed by atoms with E-state index >= 15 is 0 Å². The minimum Gasteiger partial charge on any atom is -0.508 e. The SMILES string of the molecule is Oc1cccc(C(F)(F)F)c1CC1CCNCC1. The fourth-order valence-corrected chi connectivity index (χ4v) is 2.43. The number of benzene rings is 1. The number of phenols is 1. The van der Waals surface area contributed by atoms with Gasteiger partial charge < -0.3 is 10.4 Å². The fourth-order valence-electron chi connectivity index (χ4n) is 2.43. The molecule has 1 aromatic rings. The molecule has 0 saturated carbocycles. The average molecular weight is 259 g/mol. The summed E-state index contributed by atoms with van der Waals surface area (Å²) < 4.78 is 38.6. The molecule has 2 rings (SSSR count). The molecule has 5 heteroatoms. The molecule has 1 aliphatic rings. The highest BCUT2D eigenvalue weighted by Gasteiger charge is 2.34. The van der Waals surface area contributed by atoms with E-state index < -0.39 is 11.7 Å². The van der Waals surface area contributed by atoms with E-state index in [2.05, 4.69) is 5.32 Å². The van der Waals surface area contributed by atoms with Gasteiger partial charge in [0.2, 0.25) is 0 Å². The zero-order valence-corrected chi connectivity index (χ0v) is 9.93. The molecule has 1 aliphatic heterocycles. The third kappa shape index (κ3) is 2.96. The summed E-state index contributed by atoms with van der Waals surface area (Å²) in [5.41, 5.74) is -0.669. The lowest BCUT2D eigenvalue weighted by Crippen LogP contribution is -2.29. The van der Waals surface area contributed by atoms with Crippen molar-refractivity contribution in [1.82, 2.24) is 5.32 Å². The van der Waals surface area contributed by atoms with Gasteiger partial charge in [-0.3, -0.25) is 0 Å². The fraction of sp³-hybridized carbons (Fsp3) is 0.538. The minimum atomic E-state index is -4.40. The summed E-state index contributed by atoms with van der Waals surface area (Å²) in [4.78, 5) is 0. The monoisotopic (exact) mass is 259 g/mol. The van der Waals surface area contributed by atoms with E-state index in [9.17, 15) is 18.3 Å². The standard InChI is InChI=1S/C13H16F3NO/c14-13(15,16)11-2-1-3-12(18)10(11)8-9-4-6-17-7-5-9/h1-3,9,17-18H,4-8H2. The molecular weight excluding hydrogens is 243 g/mol. The molecule has 18 heavy (non-hydrogen) atoms. The number of hydrogen-bond donors (Lipinski definition) is 2. The van der Waals surface area contributed by atoms with Crippen molar-refractivity contribution in [3.63, 3.8) is 0 Å². The Morgan fingerprint density at radius 1 is 1.22 bits per heavy atom. The van der Waals surface area contributed by atoms with E-state index in [1.165, 1.54) is 12.1 Å². The quantitative estimate of drug-likeness (QED) is 0.855. The zero-order valence-electron chi connectivity index (χ0n) is 9.93. The first-order chi connectivity index (χ1) is 8.48. The second kappa shape index (κ2) is 5.18. The second-order valence-electron chi connectivity index (χ2n) is 4.70. The lowest BCUT2D eigenvalue weighted by atomic mass is 9.88. The van der Waals surface area contributed by atoms with Gasteiger partial charge in [-0.25, -0.2) is 0 Å². The number of nitrogens with one attached hydrogen (secondary N) is 1. The van der Waals surface area contributed by atoms with Crippen molar-refractivity contribution in [2.45, 2.75) is 25.4 Å². The Labute approximate surface area is 104 Å². The van der Waals surface area contributed by atoms with E-state index in [1.807, 2.05) is 0 Å². The van der Waals surface area contributed by atoms with Crippen LogP contribution in [0.25, 0.3) is 0 Å². The smallest absolute Gasteiger partial charge is 0.416 e. The first kappa shape index (κ1) is 13.2. The Balaban J connectivity index is 2.25. The molecule has 0 aliphatic carbocycles. The number of alkyl halides is 3. The van der Waals surface area contributed by atoms with Crippen molar-refractivity contribution < 1.29 is 18.3 Å². The molecule has 1 fully saturated rings. The van der Waals surface area contributed by atoms with E-state index in [0.717, 1.165) is 32.0 Å². The summed E-state index contributed by atoms with van der Waals surface area (Å²) >= 11 is 0. The van der Waals surface area contributed by atoms with Gasteiger partial charge in [0.15, 0.2) is 0 Å².